The zero-order chi connectivity index (χ0) is 23.2. The average molecular weight is 446 g/mol. The Labute approximate surface area is 196 Å². The van der Waals surface area contributed by atoms with Crippen molar-refractivity contribution in [2.24, 2.45) is 7.05 Å². The monoisotopic (exact) mass is 445 g/mol. The highest BCUT2D eigenvalue weighted by Crippen LogP contribution is 2.38. The van der Waals surface area contributed by atoms with E-state index in [4.69, 9.17) is 9.40 Å². The summed E-state index contributed by atoms with van der Waals surface area (Å²) < 4.78 is 23.7. The van der Waals surface area contributed by atoms with Gasteiger partial charge in [0.1, 0.15) is 12.9 Å². The Morgan fingerprint density at radius 1 is 0.794 bits per heavy atom. The third kappa shape index (κ3) is 3.27. The first-order chi connectivity index (χ1) is 16.6. The number of furan rings is 1. The van der Waals surface area contributed by atoms with E-state index in [1.54, 1.807) is 0 Å². The first-order valence-corrected chi connectivity index (χ1v) is 11.2. The van der Waals surface area contributed by atoms with Crippen LogP contribution < -0.4 is 4.57 Å². The molecule has 0 aliphatic heterocycles. The molecule has 6 aromatic rings. The van der Waals surface area contributed by atoms with Crippen LogP contribution in [-0.4, -0.2) is 4.98 Å². The van der Waals surface area contributed by atoms with E-state index >= 15 is 4.39 Å². The third-order valence-electron chi connectivity index (χ3n) is 6.37. The molecule has 3 heterocycles. The van der Waals surface area contributed by atoms with Crippen molar-refractivity contribution in [2.75, 3.05) is 0 Å². The molecule has 3 aromatic heterocycles. The smallest absolute Gasteiger partial charge is 0.230 e. The first kappa shape index (κ1) is 20.3. The van der Waals surface area contributed by atoms with Gasteiger partial charge in [-0.2, -0.15) is 0 Å². The number of nitrogens with zero attached hydrogens (tertiary/aromatic N) is 2. The highest BCUT2D eigenvalue weighted by molar-refractivity contribution is 6.09. The molecule has 0 aliphatic carbocycles. The fourth-order valence-corrected chi connectivity index (χ4v) is 4.60. The second kappa shape index (κ2) is 7.92. The fraction of sp³-hybridized carbons (Fsp3) is 0.0667. The SMILES string of the molecule is Cc1ccc2c(oc3nc(-c4ccc(-c5ccccc5)cc4)cc(F)c32)c1-c1cccc[n+]1C. The highest BCUT2D eigenvalue weighted by atomic mass is 19.1. The summed E-state index contributed by atoms with van der Waals surface area (Å²) in [5, 5.41) is 1.15. The van der Waals surface area contributed by atoms with Gasteiger partial charge in [-0.3, -0.25) is 0 Å². The normalized spacial score (nSPS) is 11.4. The molecular formula is C30H22FN2O+. The Balaban J connectivity index is 1.51. The van der Waals surface area contributed by atoms with Crippen LogP contribution in [0.25, 0.3) is 55.7 Å². The summed E-state index contributed by atoms with van der Waals surface area (Å²) in [7, 11) is 1.99. The maximum absolute atomic E-state index is 15.4. The fourth-order valence-electron chi connectivity index (χ4n) is 4.60. The van der Waals surface area contributed by atoms with Crippen molar-refractivity contribution < 1.29 is 13.4 Å². The second-order valence-corrected chi connectivity index (χ2v) is 8.55. The van der Waals surface area contributed by atoms with Crippen molar-refractivity contribution in [3.05, 3.63) is 109 Å². The number of hydrogen-bond donors (Lipinski definition) is 0. The van der Waals surface area contributed by atoms with Crippen molar-refractivity contribution in [1.29, 1.82) is 0 Å². The first-order valence-electron chi connectivity index (χ1n) is 11.2. The molecular weight excluding hydrogens is 423 g/mol. The van der Waals surface area contributed by atoms with Crippen molar-refractivity contribution in [3.63, 3.8) is 0 Å². The minimum atomic E-state index is -0.335. The van der Waals surface area contributed by atoms with E-state index < -0.39 is 0 Å². The van der Waals surface area contributed by atoms with E-state index in [0.29, 0.717) is 22.4 Å². The highest BCUT2D eigenvalue weighted by Gasteiger charge is 2.22. The van der Waals surface area contributed by atoms with E-state index in [9.17, 15) is 0 Å². The summed E-state index contributed by atoms with van der Waals surface area (Å²) >= 11 is 0. The summed E-state index contributed by atoms with van der Waals surface area (Å²) in [4.78, 5) is 4.72. The van der Waals surface area contributed by atoms with Crippen LogP contribution in [0, 0.1) is 12.7 Å². The Hall–Kier alpha value is -4.31. The number of fused-ring (bicyclic) bond motifs is 3. The lowest BCUT2D eigenvalue weighted by atomic mass is 10.0. The lowest BCUT2D eigenvalue weighted by Crippen LogP contribution is -2.30. The maximum atomic E-state index is 15.4. The van der Waals surface area contributed by atoms with Gasteiger partial charge in [0.15, 0.2) is 11.8 Å². The van der Waals surface area contributed by atoms with Gasteiger partial charge in [-0.1, -0.05) is 66.7 Å². The summed E-state index contributed by atoms with van der Waals surface area (Å²) in [6, 6.07) is 29.6. The predicted molar refractivity (Wildman–Crippen MR) is 134 cm³/mol. The van der Waals surface area contributed by atoms with Crippen LogP contribution in [0.2, 0.25) is 0 Å². The van der Waals surface area contributed by atoms with Gasteiger partial charge in [-0.15, -0.1) is 0 Å². The van der Waals surface area contributed by atoms with Crippen molar-refractivity contribution in [1.82, 2.24) is 4.98 Å². The summed E-state index contributed by atoms with van der Waals surface area (Å²) in [5.41, 5.74) is 7.60. The van der Waals surface area contributed by atoms with Crippen LogP contribution in [0.1, 0.15) is 5.56 Å². The topological polar surface area (TPSA) is 29.9 Å². The molecule has 0 N–H and O–H groups in total. The molecule has 0 radical (unpaired) electrons. The number of aryl methyl sites for hydroxylation is 2. The molecule has 0 bridgehead atoms. The number of halogens is 1. The van der Waals surface area contributed by atoms with Crippen LogP contribution in [-0.2, 0) is 7.05 Å². The van der Waals surface area contributed by atoms with Crippen LogP contribution in [0.3, 0.4) is 0 Å². The average Bonchev–Trinajstić information content (AvgIpc) is 3.24. The molecule has 0 unspecified atom stereocenters. The Morgan fingerprint density at radius 3 is 2.26 bits per heavy atom. The maximum Gasteiger partial charge on any atom is 0.230 e. The molecule has 6 rings (SSSR count). The zero-order valence-electron chi connectivity index (χ0n) is 18.9. The minimum Gasteiger partial charge on any atom is -0.437 e. The van der Waals surface area contributed by atoms with Crippen LogP contribution >= 0.6 is 0 Å². The van der Waals surface area contributed by atoms with Crippen LogP contribution in [0.5, 0.6) is 0 Å². The van der Waals surface area contributed by atoms with E-state index in [2.05, 4.69) is 12.1 Å². The van der Waals surface area contributed by atoms with E-state index in [-0.39, 0.29) is 5.82 Å². The Bertz CT molecular complexity index is 1670. The van der Waals surface area contributed by atoms with Gasteiger partial charge in [0.2, 0.25) is 11.4 Å². The number of benzene rings is 3. The molecule has 34 heavy (non-hydrogen) atoms. The van der Waals surface area contributed by atoms with Gasteiger partial charge < -0.3 is 4.42 Å². The molecule has 0 amide bonds. The molecule has 3 nitrogen and oxygen atoms in total. The van der Waals surface area contributed by atoms with Gasteiger partial charge in [-0.05, 0) is 29.7 Å². The number of hydrogen-bond acceptors (Lipinski definition) is 2. The molecule has 0 atom stereocenters. The molecule has 164 valence electrons. The van der Waals surface area contributed by atoms with Crippen molar-refractivity contribution in [2.45, 2.75) is 6.92 Å². The third-order valence-corrected chi connectivity index (χ3v) is 6.37. The minimum absolute atomic E-state index is 0.308. The second-order valence-electron chi connectivity index (χ2n) is 8.55. The number of aromatic nitrogens is 2. The molecule has 0 saturated carbocycles. The number of pyridine rings is 2. The van der Waals surface area contributed by atoms with Gasteiger partial charge in [0.05, 0.1) is 16.6 Å². The Kier molecular flexibility index (Phi) is 4.73. The van der Waals surface area contributed by atoms with Crippen molar-refractivity contribution in [3.8, 4) is 33.6 Å². The predicted octanol–water partition coefficient (Wildman–Crippen LogP) is 7.25. The van der Waals surface area contributed by atoms with E-state index in [0.717, 1.165) is 38.9 Å². The van der Waals surface area contributed by atoms with Gasteiger partial charge in [0.25, 0.3) is 0 Å². The lowest BCUT2D eigenvalue weighted by molar-refractivity contribution is -0.660. The van der Waals surface area contributed by atoms with Crippen molar-refractivity contribution >= 4 is 22.1 Å². The molecule has 3 aromatic carbocycles. The van der Waals surface area contributed by atoms with Crippen LogP contribution in [0.15, 0.2) is 102 Å². The lowest BCUT2D eigenvalue weighted by Gasteiger charge is -2.05. The number of rotatable bonds is 3. The standard InChI is InChI=1S/C30H22FN2O/c1-19-11-16-23-28-24(31)18-25(22-14-12-21(13-15-22)20-8-4-3-5-9-20)32-30(28)34-29(23)27(19)26-10-6-7-17-33(26)2/h3-18H,1-2H3/q+1. The van der Waals surface area contributed by atoms with Gasteiger partial charge in [-0.25, -0.2) is 13.9 Å². The van der Waals surface area contributed by atoms with E-state index in [1.165, 1.54) is 6.07 Å². The van der Waals surface area contributed by atoms with Crippen LogP contribution in [0.4, 0.5) is 4.39 Å². The summed E-state index contributed by atoms with van der Waals surface area (Å²) in [6.07, 6.45) is 1.99. The largest absolute Gasteiger partial charge is 0.437 e. The summed E-state index contributed by atoms with van der Waals surface area (Å²) in [6.45, 7) is 2.04. The quantitative estimate of drug-likeness (QED) is 0.269. The van der Waals surface area contributed by atoms with Gasteiger partial charge in [0, 0.05) is 29.1 Å². The molecule has 0 saturated heterocycles. The van der Waals surface area contributed by atoms with Gasteiger partial charge >= 0.3 is 0 Å². The zero-order valence-corrected chi connectivity index (χ0v) is 18.9. The molecule has 4 heteroatoms. The molecule has 0 aliphatic rings. The molecule has 0 fully saturated rings. The van der Waals surface area contributed by atoms with E-state index in [1.807, 2.05) is 97.5 Å². The summed E-state index contributed by atoms with van der Waals surface area (Å²) in [5.74, 6) is -0.335. The Morgan fingerprint density at radius 2 is 1.50 bits per heavy atom. The molecule has 0 spiro atoms.